The maximum Gasteiger partial charge on any atom is 0.259 e. The minimum absolute atomic E-state index is 0.0331. The van der Waals surface area contributed by atoms with Gasteiger partial charge in [-0.2, -0.15) is 0 Å². The first-order valence-corrected chi connectivity index (χ1v) is 7.36. The summed E-state index contributed by atoms with van der Waals surface area (Å²) in [5.41, 5.74) is 0.521. The van der Waals surface area contributed by atoms with Crippen molar-refractivity contribution in [1.82, 2.24) is 10.2 Å². The molecule has 1 unspecified atom stereocenters. The molecule has 0 spiro atoms. The van der Waals surface area contributed by atoms with Gasteiger partial charge in [0.2, 0.25) is 5.91 Å². The van der Waals surface area contributed by atoms with Crippen molar-refractivity contribution in [3.8, 4) is 0 Å². The average molecular weight is 306 g/mol. The van der Waals surface area contributed by atoms with Crippen LogP contribution < -0.4 is 5.32 Å². The lowest BCUT2D eigenvalue weighted by Crippen LogP contribution is -2.54. The van der Waals surface area contributed by atoms with E-state index >= 15 is 0 Å². The minimum Gasteiger partial charge on any atom is -0.329 e. The summed E-state index contributed by atoms with van der Waals surface area (Å²) < 4.78 is 14.1. The van der Waals surface area contributed by atoms with Gasteiger partial charge in [0.05, 0.1) is 0 Å². The van der Waals surface area contributed by atoms with Crippen LogP contribution in [0.3, 0.4) is 0 Å². The van der Waals surface area contributed by atoms with E-state index in [0.717, 1.165) is 4.90 Å². The largest absolute Gasteiger partial charge is 0.329 e. The van der Waals surface area contributed by atoms with E-state index in [9.17, 15) is 18.8 Å². The van der Waals surface area contributed by atoms with Crippen LogP contribution in [0.5, 0.6) is 0 Å². The lowest BCUT2D eigenvalue weighted by atomic mass is 10.0. The second kappa shape index (κ2) is 6.68. The number of allylic oxidation sites excluding steroid dienone is 3. The van der Waals surface area contributed by atoms with E-state index in [2.05, 4.69) is 11.9 Å². The fraction of sp³-hybridized carbons (Fsp3) is 0.438. The van der Waals surface area contributed by atoms with E-state index in [1.165, 1.54) is 12.2 Å². The first kappa shape index (κ1) is 16.1. The molecule has 0 aromatic carbocycles. The van der Waals surface area contributed by atoms with Crippen LogP contribution in [0.2, 0.25) is 0 Å². The maximum absolute atomic E-state index is 14.1. The molecule has 2 aliphatic rings. The Morgan fingerprint density at radius 1 is 1.36 bits per heavy atom. The molecule has 2 heterocycles. The Hall–Kier alpha value is -2.24. The number of rotatable bonds is 2. The maximum atomic E-state index is 14.1. The van der Waals surface area contributed by atoms with Gasteiger partial charge in [0.15, 0.2) is 0 Å². The van der Waals surface area contributed by atoms with Gasteiger partial charge in [-0.1, -0.05) is 19.6 Å². The molecule has 0 saturated carbocycles. The van der Waals surface area contributed by atoms with Crippen LogP contribution >= 0.6 is 0 Å². The molecule has 2 aliphatic heterocycles. The normalized spacial score (nSPS) is 28.8. The summed E-state index contributed by atoms with van der Waals surface area (Å²) >= 11 is 0. The van der Waals surface area contributed by atoms with Crippen LogP contribution in [-0.4, -0.2) is 28.7 Å². The Kier molecular flexibility index (Phi) is 4.90. The van der Waals surface area contributed by atoms with E-state index in [4.69, 9.17) is 0 Å². The second-order valence-corrected chi connectivity index (χ2v) is 5.34. The lowest BCUT2D eigenvalue weighted by molar-refractivity contribution is -0.148. The number of amides is 3. The fourth-order valence-electron chi connectivity index (χ4n) is 2.63. The first-order chi connectivity index (χ1) is 10.5. The van der Waals surface area contributed by atoms with Crippen LogP contribution in [0.25, 0.3) is 0 Å². The van der Waals surface area contributed by atoms with Gasteiger partial charge in [-0.15, -0.1) is 0 Å². The Morgan fingerprint density at radius 2 is 2.09 bits per heavy atom. The Labute approximate surface area is 128 Å². The van der Waals surface area contributed by atoms with Gasteiger partial charge in [-0.25, -0.2) is 4.39 Å². The van der Waals surface area contributed by atoms with Crippen molar-refractivity contribution < 1.29 is 18.8 Å². The standard InChI is InChI=1S/C16H19FN2O3/c1-3-11-12(17)6-4-5-7-14(20)19(16(11)22)13-9-8-10(2)18-15(13)21/h5,7,13H,2-4,6,8-9H2,1H3,(H,18,21)/b7-5+,12-11-. The molecule has 1 fully saturated rings. The van der Waals surface area contributed by atoms with Gasteiger partial charge in [-0.3, -0.25) is 19.3 Å². The molecular formula is C16H19FN2O3. The van der Waals surface area contributed by atoms with Crippen molar-refractivity contribution in [1.29, 1.82) is 0 Å². The van der Waals surface area contributed by atoms with Gasteiger partial charge in [0.25, 0.3) is 11.8 Å². The molecule has 3 amide bonds. The number of nitrogens with zero attached hydrogens (tertiary/aromatic N) is 1. The Morgan fingerprint density at radius 3 is 2.73 bits per heavy atom. The van der Waals surface area contributed by atoms with Crippen LogP contribution in [0, 0.1) is 0 Å². The predicted molar refractivity (Wildman–Crippen MR) is 79.0 cm³/mol. The van der Waals surface area contributed by atoms with Crippen molar-refractivity contribution in [3.63, 3.8) is 0 Å². The highest BCUT2D eigenvalue weighted by molar-refractivity contribution is 6.10. The van der Waals surface area contributed by atoms with Crippen molar-refractivity contribution in [2.24, 2.45) is 0 Å². The van der Waals surface area contributed by atoms with Gasteiger partial charge in [-0.05, 0) is 31.8 Å². The smallest absolute Gasteiger partial charge is 0.259 e. The first-order valence-electron chi connectivity index (χ1n) is 7.36. The topological polar surface area (TPSA) is 66.5 Å². The van der Waals surface area contributed by atoms with E-state index in [-0.39, 0.29) is 18.4 Å². The summed E-state index contributed by atoms with van der Waals surface area (Å²) in [5.74, 6) is -2.28. The molecule has 1 N–H and O–H groups in total. The monoisotopic (exact) mass is 306 g/mol. The molecule has 1 atom stereocenters. The molecule has 0 aromatic rings. The second-order valence-electron chi connectivity index (χ2n) is 5.34. The number of carbonyl (C=O) groups excluding carboxylic acids is 3. The Balaban J connectivity index is 2.41. The van der Waals surface area contributed by atoms with Crippen molar-refractivity contribution in [3.05, 3.63) is 35.8 Å². The van der Waals surface area contributed by atoms with Crippen LogP contribution in [0.1, 0.15) is 39.0 Å². The number of halogens is 1. The fourth-order valence-corrected chi connectivity index (χ4v) is 2.63. The van der Waals surface area contributed by atoms with E-state index in [0.29, 0.717) is 25.0 Å². The third kappa shape index (κ3) is 3.16. The molecule has 0 aliphatic carbocycles. The molecule has 0 radical (unpaired) electrons. The Bertz CT molecular complexity index is 592. The third-order valence-corrected chi connectivity index (χ3v) is 3.82. The van der Waals surface area contributed by atoms with Gasteiger partial charge < -0.3 is 5.32 Å². The number of carbonyl (C=O) groups is 3. The van der Waals surface area contributed by atoms with Crippen molar-refractivity contribution in [2.75, 3.05) is 0 Å². The van der Waals surface area contributed by atoms with Gasteiger partial charge >= 0.3 is 0 Å². The van der Waals surface area contributed by atoms with Crippen molar-refractivity contribution in [2.45, 2.75) is 45.1 Å². The highest BCUT2D eigenvalue weighted by Crippen LogP contribution is 2.24. The molecule has 6 heteroatoms. The molecule has 1 saturated heterocycles. The average Bonchev–Trinajstić information content (AvgIpc) is 2.50. The molecule has 2 rings (SSSR count). The minimum atomic E-state index is -0.928. The van der Waals surface area contributed by atoms with Crippen molar-refractivity contribution >= 4 is 17.7 Å². The van der Waals surface area contributed by atoms with E-state index < -0.39 is 29.6 Å². The highest BCUT2D eigenvalue weighted by Gasteiger charge is 2.37. The van der Waals surface area contributed by atoms with Gasteiger partial charge in [0.1, 0.15) is 11.9 Å². The quantitative estimate of drug-likeness (QED) is 0.795. The summed E-state index contributed by atoms with van der Waals surface area (Å²) in [4.78, 5) is 37.9. The highest BCUT2D eigenvalue weighted by atomic mass is 19.1. The number of piperidine rings is 1. The summed E-state index contributed by atoms with van der Waals surface area (Å²) in [7, 11) is 0. The van der Waals surface area contributed by atoms with Crippen LogP contribution in [0.15, 0.2) is 35.8 Å². The van der Waals surface area contributed by atoms with Gasteiger partial charge in [0, 0.05) is 17.7 Å². The lowest BCUT2D eigenvalue weighted by Gasteiger charge is -2.32. The zero-order chi connectivity index (χ0) is 16.3. The molecular weight excluding hydrogens is 287 g/mol. The number of hydrogen-bond acceptors (Lipinski definition) is 3. The number of imide groups is 1. The summed E-state index contributed by atoms with van der Waals surface area (Å²) in [6.07, 6.45) is 4.14. The molecule has 0 bridgehead atoms. The number of hydrogen-bond donors (Lipinski definition) is 1. The summed E-state index contributed by atoms with van der Waals surface area (Å²) in [6.45, 7) is 5.33. The summed E-state index contributed by atoms with van der Waals surface area (Å²) in [6, 6.07) is -0.928. The zero-order valence-electron chi connectivity index (χ0n) is 12.5. The van der Waals surface area contributed by atoms with E-state index in [1.54, 1.807) is 6.92 Å². The third-order valence-electron chi connectivity index (χ3n) is 3.82. The van der Waals surface area contributed by atoms with Crippen LogP contribution in [-0.2, 0) is 14.4 Å². The molecule has 5 nitrogen and oxygen atoms in total. The van der Waals surface area contributed by atoms with Crippen LogP contribution in [0.4, 0.5) is 4.39 Å². The molecule has 118 valence electrons. The molecule has 22 heavy (non-hydrogen) atoms. The zero-order valence-corrected chi connectivity index (χ0v) is 12.5. The molecule has 0 aromatic heterocycles. The van der Waals surface area contributed by atoms with E-state index in [1.807, 2.05) is 0 Å². The number of nitrogens with one attached hydrogen (secondary N) is 1. The SMILES string of the molecule is C=C1CCC(N2C(=O)/C=C/CC/C(F)=C(\CC)C2=O)C(=O)N1. The summed E-state index contributed by atoms with van der Waals surface area (Å²) in [5, 5.41) is 2.55. The predicted octanol–water partition coefficient (Wildman–Crippen LogP) is 2.12.